The smallest absolute Gasteiger partial charge is 0.255 e. The molecule has 0 bridgehead atoms. The predicted octanol–water partition coefficient (Wildman–Crippen LogP) is 2.31. The molecule has 0 unspecified atom stereocenters. The first-order valence-corrected chi connectivity index (χ1v) is 7.47. The summed E-state index contributed by atoms with van der Waals surface area (Å²) in [6, 6.07) is 5.08. The SMILES string of the molecule is Cc1ccc(O)c(C(=O)NCCCN2CCCCC2)c1. The molecule has 1 aromatic carbocycles. The van der Waals surface area contributed by atoms with Crippen LogP contribution in [0.15, 0.2) is 18.2 Å². The van der Waals surface area contributed by atoms with Crippen LogP contribution in [0.1, 0.15) is 41.6 Å². The second kappa shape index (κ2) is 7.29. The highest BCUT2D eigenvalue weighted by molar-refractivity contribution is 5.96. The van der Waals surface area contributed by atoms with Crippen LogP contribution in [0.4, 0.5) is 0 Å². The Morgan fingerprint density at radius 3 is 2.80 bits per heavy atom. The Labute approximate surface area is 120 Å². The van der Waals surface area contributed by atoms with Crippen molar-refractivity contribution in [2.75, 3.05) is 26.2 Å². The van der Waals surface area contributed by atoms with Crippen LogP contribution < -0.4 is 5.32 Å². The van der Waals surface area contributed by atoms with Crippen LogP contribution in [0.5, 0.6) is 5.75 Å². The number of piperidine rings is 1. The second-order valence-electron chi connectivity index (χ2n) is 5.53. The molecule has 1 fully saturated rings. The molecule has 1 heterocycles. The molecule has 2 N–H and O–H groups in total. The first-order valence-electron chi connectivity index (χ1n) is 7.47. The summed E-state index contributed by atoms with van der Waals surface area (Å²) in [4.78, 5) is 14.4. The molecule has 1 amide bonds. The van der Waals surface area contributed by atoms with Crippen molar-refractivity contribution in [3.8, 4) is 5.75 Å². The molecule has 0 radical (unpaired) electrons. The van der Waals surface area contributed by atoms with Crippen LogP contribution in [-0.4, -0.2) is 42.1 Å². The van der Waals surface area contributed by atoms with E-state index in [1.165, 1.54) is 32.4 Å². The van der Waals surface area contributed by atoms with Gasteiger partial charge in [0.2, 0.25) is 0 Å². The van der Waals surface area contributed by atoms with E-state index in [1.807, 2.05) is 6.92 Å². The number of hydrogen-bond donors (Lipinski definition) is 2. The number of likely N-dealkylation sites (tertiary alicyclic amines) is 1. The third kappa shape index (κ3) is 4.23. The van der Waals surface area contributed by atoms with Gasteiger partial charge in [0, 0.05) is 6.54 Å². The van der Waals surface area contributed by atoms with Gasteiger partial charge < -0.3 is 15.3 Å². The van der Waals surface area contributed by atoms with Crippen LogP contribution in [-0.2, 0) is 0 Å². The lowest BCUT2D eigenvalue weighted by atomic mass is 10.1. The van der Waals surface area contributed by atoms with Gasteiger partial charge in [-0.1, -0.05) is 18.1 Å². The molecule has 0 aromatic heterocycles. The summed E-state index contributed by atoms with van der Waals surface area (Å²) in [6.45, 7) is 5.98. The van der Waals surface area contributed by atoms with Gasteiger partial charge in [-0.3, -0.25) is 4.79 Å². The van der Waals surface area contributed by atoms with E-state index in [2.05, 4.69) is 10.2 Å². The Kier molecular flexibility index (Phi) is 5.41. The molecule has 0 spiro atoms. The van der Waals surface area contributed by atoms with E-state index in [9.17, 15) is 9.90 Å². The average molecular weight is 276 g/mol. The van der Waals surface area contributed by atoms with Gasteiger partial charge in [-0.2, -0.15) is 0 Å². The van der Waals surface area contributed by atoms with Gasteiger partial charge in [0.1, 0.15) is 5.75 Å². The van der Waals surface area contributed by atoms with Gasteiger partial charge in [-0.15, -0.1) is 0 Å². The van der Waals surface area contributed by atoms with Gasteiger partial charge >= 0.3 is 0 Å². The van der Waals surface area contributed by atoms with E-state index >= 15 is 0 Å². The lowest BCUT2D eigenvalue weighted by Gasteiger charge is -2.26. The normalized spacial score (nSPS) is 16.1. The standard InChI is InChI=1S/C16H24N2O2/c1-13-6-7-15(19)14(12-13)16(20)17-8-5-11-18-9-3-2-4-10-18/h6-7,12,19H,2-5,8-11H2,1H3,(H,17,20). The molecule has 1 aromatic rings. The predicted molar refractivity (Wildman–Crippen MR) is 80.1 cm³/mol. The number of nitrogens with zero attached hydrogens (tertiary/aromatic N) is 1. The largest absolute Gasteiger partial charge is 0.507 e. The lowest BCUT2D eigenvalue weighted by molar-refractivity contribution is 0.0948. The lowest BCUT2D eigenvalue weighted by Crippen LogP contribution is -2.33. The summed E-state index contributed by atoms with van der Waals surface area (Å²) in [6.07, 6.45) is 4.89. The quantitative estimate of drug-likeness (QED) is 0.811. The minimum atomic E-state index is -0.190. The number of aryl methyl sites for hydroxylation is 1. The van der Waals surface area contributed by atoms with Gasteiger partial charge in [0.25, 0.3) is 5.91 Å². The van der Waals surface area contributed by atoms with Crippen LogP contribution in [0.25, 0.3) is 0 Å². The van der Waals surface area contributed by atoms with Crippen molar-refractivity contribution in [1.29, 1.82) is 0 Å². The van der Waals surface area contributed by atoms with Gasteiger partial charge in [-0.05, 0) is 58.0 Å². The zero-order valence-electron chi connectivity index (χ0n) is 12.2. The monoisotopic (exact) mass is 276 g/mol. The molecule has 0 atom stereocenters. The third-order valence-corrected chi connectivity index (χ3v) is 3.78. The number of benzene rings is 1. The zero-order valence-corrected chi connectivity index (χ0v) is 12.2. The Bertz CT molecular complexity index is 454. The molecular weight excluding hydrogens is 252 g/mol. The summed E-state index contributed by atoms with van der Waals surface area (Å²) in [5.41, 5.74) is 1.34. The Morgan fingerprint density at radius 1 is 1.30 bits per heavy atom. The number of phenolic OH excluding ortho intramolecular Hbond substituents is 1. The molecule has 4 heteroatoms. The van der Waals surface area contributed by atoms with E-state index in [4.69, 9.17) is 0 Å². The Balaban J connectivity index is 1.73. The maximum Gasteiger partial charge on any atom is 0.255 e. The first kappa shape index (κ1) is 14.9. The Morgan fingerprint density at radius 2 is 2.05 bits per heavy atom. The maximum absolute atomic E-state index is 12.0. The van der Waals surface area contributed by atoms with Crippen LogP contribution in [0.3, 0.4) is 0 Å². The van der Waals surface area contributed by atoms with Gasteiger partial charge in [0.15, 0.2) is 0 Å². The summed E-state index contributed by atoms with van der Waals surface area (Å²) in [7, 11) is 0. The first-order chi connectivity index (χ1) is 9.66. The summed E-state index contributed by atoms with van der Waals surface area (Å²) < 4.78 is 0. The number of amides is 1. The highest BCUT2D eigenvalue weighted by atomic mass is 16.3. The van der Waals surface area contributed by atoms with E-state index in [0.29, 0.717) is 12.1 Å². The fraction of sp³-hybridized carbons (Fsp3) is 0.562. The van der Waals surface area contributed by atoms with Crippen molar-refractivity contribution in [3.63, 3.8) is 0 Å². The van der Waals surface area contributed by atoms with Crippen LogP contribution >= 0.6 is 0 Å². The number of carbonyl (C=O) groups is 1. The number of aromatic hydroxyl groups is 1. The Hall–Kier alpha value is -1.55. The number of rotatable bonds is 5. The molecule has 110 valence electrons. The van der Waals surface area contributed by atoms with Crippen molar-refractivity contribution < 1.29 is 9.90 Å². The number of nitrogens with one attached hydrogen (secondary N) is 1. The summed E-state index contributed by atoms with van der Waals surface area (Å²) in [5, 5.41) is 12.6. The summed E-state index contributed by atoms with van der Waals surface area (Å²) >= 11 is 0. The molecule has 0 aliphatic carbocycles. The zero-order chi connectivity index (χ0) is 14.4. The van der Waals surface area contributed by atoms with E-state index in [1.54, 1.807) is 18.2 Å². The molecular formula is C16H24N2O2. The van der Waals surface area contributed by atoms with E-state index < -0.39 is 0 Å². The fourth-order valence-electron chi connectivity index (χ4n) is 2.61. The van der Waals surface area contributed by atoms with Crippen molar-refractivity contribution in [2.45, 2.75) is 32.6 Å². The van der Waals surface area contributed by atoms with Gasteiger partial charge in [-0.25, -0.2) is 0 Å². The highest BCUT2D eigenvalue weighted by Gasteiger charge is 2.12. The second-order valence-corrected chi connectivity index (χ2v) is 5.53. The maximum atomic E-state index is 12.0. The third-order valence-electron chi connectivity index (χ3n) is 3.78. The van der Waals surface area contributed by atoms with Crippen molar-refractivity contribution >= 4 is 5.91 Å². The number of phenols is 1. The highest BCUT2D eigenvalue weighted by Crippen LogP contribution is 2.17. The van der Waals surface area contributed by atoms with Crippen LogP contribution in [0.2, 0.25) is 0 Å². The molecule has 1 aliphatic rings. The molecule has 20 heavy (non-hydrogen) atoms. The fourth-order valence-corrected chi connectivity index (χ4v) is 2.61. The molecule has 1 aliphatic heterocycles. The molecule has 1 saturated heterocycles. The number of hydrogen-bond acceptors (Lipinski definition) is 3. The molecule has 0 saturated carbocycles. The van der Waals surface area contributed by atoms with Crippen LogP contribution in [0, 0.1) is 6.92 Å². The minimum Gasteiger partial charge on any atom is -0.507 e. The topological polar surface area (TPSA) is 52.6 Å². The number of carbonyl (C=O) groups excluding carboxylic acids is 1. The van der Waals surface area contributed by atoms with Crippen molar-refractivity contribution in [1.82, 2.24) is 10.2 Å². The van der Waals surface area contributed by atoms with Crippen molar-refractivity contribution in [2.24, 2.45) is 0 Å². The summed E-state index contributed by atoms with van der Waals surface area (Å²) in [5.74, 6) is -0.144. The van der Waals surface area contributed by atoms with E-state index in [-0.39, 0.29) is 11.7 Å². The van der Waals surface area contributed by atoms with Gasteiger partial charge in [0.05, 0.1) is 5.56 Å². The average Bonchev–Trinajstić information content (AvgIpc) is 2.47. The molecule has 2 rings (SSSR count). The molecule has 4 nitrogen and oxygen atoms in total. The minimum absolute atomic E-state index is 0.0455. The van der Waals surface area contributed by atoms with E-state index in [0.717, 1.165) is 18.5 Å². The van der Waals surface area contributed by atoms with Crippen molar-refractivity contribution in [3.05, 3.63) is 29.3 Å².